The van der Waals surface area contributed by atoms with Crippen LogP contribution in [0.5, 0.6) is 0 Å². The number of carbonyl (C=O) groups is 1. The first-order chi connectivity index (χ1) is 12.1. The van der Waals surface area contributed by atoms with Gasteiger partial charge in [0.15, 0.2) is 5.78 Å². The number of anilines is 1. The fourth-order valence-electron chi connectivity index (χ4n) is 3.96. The summed E-state index contributed by atoms with van der Waals surface area (Å²) in [6.45, 7) is 0. The number of rotatable bonds is 4. The van der Waals surface area contributed by atoms with Gasteiger partial charge in [-0.3, -0.25) is 4.79 Å². The number of fused-ring (bicyclic) bond motifs is 3. The average molecular weight is 370 g/mol. The third-order valence-electron chi connectivity index (χ3n) is 5.22. The molecule has 2 heterocycles. The van der Waals surface area contributed by atoms with Crippen LogP contribution in [-0.4, -0.2) is 16.2 Å². The summed E-state index contributed by atoms with van der Waals surface area (Å²) in [4.78, 5) is 12.7. The van der Waals surface area contributed by atoms with Gasteiger partial charge in [0, 0.05) is 28.7 Å². The number of Topliss-reactive ketones (excluding diaryl/α,β-unsaturated/α-hetero) is 1. The standard InChI is InChI=1S/C21H23N3O.ClH/c22-15-10-8-14(9-11-15)21(25)18(23)13-17-16-5-1-2-6-19(16)24-12-4-3-7-20(17)24;/h3-4,7-12,18H,1-2,5-6,13,22-23H2;1H. The number of hydrogen-bond donors (Lipinski definition) is 2. The fraction of sp³-hybridized carbons (Fsp3) is 0.286. The Bertz CT molecular complexity index is 930. The Balaban J connectivity index is 0.00000196. The van der Waals surface area contributed by atoms with Crippen molar-refractivity contribution in [2.24, 2.45) is 5.73 Å². The largest absolute Gasteiger partial charge is 0.399 e. The van der Waals surface area contributed by atoms with Crippen molar-refractivity contribution in [2.45, 2.75) is 38.1 Å². The van der Waals surface area contributed by atoms with E-state index < -0.39 is 6.04 Å². The highest BCUT2D eigenvalue weighted by atomic mass is 35.5. The number of carbonyl (C=O) groups excluding carboxylic acids is 1. The van der Waals surface area contributed by atoms with Gasteiger partial charge in [-0.2, -0.15) is 0 Å². The van der Waals surface area contributed by atoms with Crippen molar-refractivity contribution in [2.75, 3.05) is 5.73 Å². The molecule has 1 aliphatic carbocycles. The Morgan fingerprint density at radius 3 is 2.58 bits per heavy atom. The van der Waals surface area contributed by atoms with Gasteiger partial charge in [-0.15, -0.1) is 12.4 Å². The number of aromatic nitrogens is 1. The summed E-state index contributed by atoms with van der Waals surface area (Å²) in [5.41, 5.74) is 18.5. The van der Waals surface area contributed by atoms with Gasteiger partial charge in [0.1, 0.15) is 0 Å². The number of ketones is 1. The maximum absolute atomic E-state index is 12.7. The Morgan fingerprint density at radius 2 is 1.81 bits per heavy atom. The molecule has 1 aliphatic rings. The molecule has 0 saturated heterocycles. The van der Waals surface area contributed by atoms with Crippen LogP contribution in [0.4, 0.5) is 5.69 Å². The van der Waals surface area contributed by atoms with E-state index in [1.807, 2.05) is 0 Å². The predicted octanol–water partition coefficient (Wildman–Crippen LogP) is 3.57. The zero-order valence-corrected chi connectivity index (χ0v) is 15.5. The van der Waals surface area contributed by atoms with E-state index in [2.05, 4.69) is 28.8 Å². The van der Waals surface area contributed by atoms with E-state index in [0.29, 0.717) is 17.7 Å². The Kier molecular flexibility index (Phi) is 5.35. The molecule has 2 aromatic heterocycles. The number of nitrogens with zero attached hydrogens (tertiary/aromatic N) is 1. The lowest BCUT2D eigenvalue weighted by Crippen LogP contribution is -2.33. The van der Waals surface area contributed by atoms with Crippen molar-refractivity contribution in [3.05, 3.63) is 71.0 Å². The Hall–Kier alpha value is -2.30. The van der Waals surface area contributed by atoms with E-state index in [4.69, 9.17) is 11.5 Å². The molecule has 1 atom stereocenters. The lowest BCUT2D eigenvalue weighted by molar-refractivity contribution is 0.0961. The molecular weight excluding hydrogens is 346 g/mol. The molecule has 5 heteroatoms. The number of nitrogen functional groups attached to an aromatic ring is 1. The van der Waals surface area contributed by atoms with Crippen molar-refractivity contribution in [1.29, 1.82) is 0 Å². The lowest BCUT2D eigenvalue weighted by Gasteiger charge is -2.15. The zero-order chi connectivity index (χ0) is 17.4. The molecule has 0 amide bonds. The van der Waals surface area contributed by atoms with Crippen LogP contribution in [-0.2, 0) is 19.3 Å². The van der Waals surface area contributed by atoms with Gasteiger partial charge in [-0.25, -0.2) is 0 Å². The highest BCUT2D eigenvalue weighted by Gasteiger charge is 2.24. The number of aryl methyl sites for hydroxylation is 1. The smallest absolute Gasteiger partial charge is 0.179 e. The lowest BCUT2D eigenvalue weighted by atomic mass is 9.90. The summed E-state index contributed by atoms with van der Waals surface area (Å²) in [5, 5.41) is 0. The minimum absolute atomic E-state index is 0. The molecule has 0 fully saturated rings. The van der Waals surface area contributed by atoms with Gasteiger partial charge in [-0.1, -0.05) is 6.07 Å². The predicted molar refractivity (Wildman–Crippen MR) is 108 cm³/mol. The Labute approximate surface area is 159 Å². The topological polar surface area (TPSA) is 73.5 Å². The summed E-state index contributed by atoms with van der Waals surface area (Å²) in [7, 11) is 0. The van der Waals surface area contributed by atoms with Gasteiger partial charge in [0.25, 0.3) is 0 Å². The molecule has 0 spiro atoms. The second kappa shape index (κ2) is 7.52. The summed E-state index contributed by atoms with van der Waals surface area (Å²) < 4.78 is 2.28. The number of nitrogens with two attached hydrogens (primary N) is 2. The molecule has 1 aromatic carbocycles. The second-order valence-corrected chi connectivity index (χ2v) is 6.86. The normalized spacial score (nSPS) is 14.5. The van der Waals surface area contributed by atoms with Gasteiger partial charge in [-0.05, 0) is 79.6 Å². The molecule has 136 valence electrons. The third-order valence-corrected chi connectivity index (χ3v) is 5.22. The SMILES string of the molecule is Cl.Nc1ccc(C(=O)C(N)Cc2c3c(n4ccccc24)CCCC3)cc1. The van der Waals surface area contributed by atoms with Crippen LogP contribution >= 0.6 is 12.4 Å². The van der Waals surface area contributed by atoms with Crippen molar-refractivity contribution >= 4 is 29.4 Å². The summed E-state index contributed by atoms with van der Waals surface area (Å²) >= 11 is 0. The average Bonchev–Trinajstić information content (AvgIpc) is 2.96. The van der Waals surface area contributed by atoms with Gasteiger partial charge in [0.05, 0.1) is 6.04 Å². The molecule has 3 aromatic rings. The molecule has 0 aliphatic heterocycles. The monoisotopic (exact) mass is 369 g/mol. The highest BCUT2D eigenvalue weighted by molar-refractivity contribution is 6.00. The first-order valence-corrected chi connectivity index (χ1v) is 8.90. The van der Waals surface area contributed by atoms with Crippen LogP contribution in [0.3, 0.4) is 0 Å². The summed E-state index contributed by atoms with van der Waals surface area (Å²) in [6.07, 6.45) is 7.31. The maximum atomic E-state index is 12.7. The summed E-state index contributed by atoms with van der Waals surface area (Å²) in [6, 6.07) is 12.7. The molecular formula is C21H24ClN3O. The number of benzene rings is 1. The minimum Gasteiger partial charge on any atom is -0.399 e. The molecule has 0 saturated carbocycles. The minimum atomic E-state index is -0.541. The van der Waals surface area contributed by atoms with Crippen molar-refractivity contribution in [1.82, 2.24) is 4.40 Å². The van der Waals surface area contributed by atoms with Crippen LogP contribution in [0.15, 0.2) is 48.7 Å². The van der Waals surface area contributed by atoms with E-state index >= 15 is 0 Å². The van der Waals surface area contributed by atoms with Crippen LogP contribution in [0.1, 0.15) is 40.0 Å². The summed E-state index contributed by atoms with van der Waals surface area (Å²) in [5.74, 6) is -0.0279. The van der Waals surface area contributed by atoms with Crippen LogP contribution in [0.25, 0.3) is 5.52 Å². The molecule has 4 N–H and O–H groups in total. The van der Waals surface area contributed by atoms with Crippen LogP contribution in [0.2, 0.25) is 0 Å². The van der Waals surface area contributed by atoms with E-state index in [-0.39, 0.29) is 18.2 Å². The third kappa shape index (κ3) is 3.22. The number of halogens is 1. The molecule has 4 rings (SSSR count). The van der Waals surface area contributed by atoms with Crippen molar-refractivity contribution in [3.8, 4) is 0 Å². The van der Waals surface area contributed by atoms with Crippen molar-refractivity contribution in [3.63, 3.8) is 0 Å². The molecule has 26 heavy (non-hydrogen) atoms. The van der Waals surface area contributed by atoms with Gasteiger partial charge >= 0.3 is 0 Å². The molecule has 0 bridgehead atoms. The van der Waals surface area contributed by atoms with Crippen LogP contribution in [0, 0.1) is 0 Å². The van der Waals surface area contributed by atoms with Gasteiger partial charge in [0.2, 0.25) is 0 Å². The molecule has 4 nitrogen and oxygen atoms in total. The number of hydrogen-bond acceptors (Lipinski definition) is 3. The van der Waals surface area contributed by atoms with Gasteiger partial charge < -0.3 is 15.9 Å². The van der Waals surface area contributed by atoms with E-state index in [9.17, 15) is 4.79 Å². The quantitative estimate of drug-likeness (QED) is 0.545. The number of pyridine rings is 1. The van der Waals surface area contributed by atoms with E-state index in [0.717, 1.165) is 12.8 Å². The molecule has 0 radical (unpaired) electrons. The highest BCUT2D eigenvalue weighted by Crippen LogP contribution is 2.31. The van der Waals surface area contributed by atoms with E-state index in [1.54, 1.807) is 24.3 Å². The molecule has 1 unspecified atom stereocenters. The first-order valence-electron chi connectivity index (χ1n) is 8.90. The van der Waals surface area contributed by atoms with Crippen LogP contribution < -0.4 is 11.5 Å². The van der Waals surface area contributed by atoms with E-state index in [1.165, 1.54) is 35.2 Å². The maximum Gasteiger partial charge on any atom is 0.179 e. The Morgan fingerprint density at radius 1 is 1.08 bits per heavy atom. The zero-order valence-electron chi connectivity index (χ0n) is 14.7. The first kappa shape index (κ1) is 18.5. The fourth-order valence-corrected chi connectivity index (χ4v) is 3.96. The second-order valence-electron chi connectivity index (χ2n) is 6.86. The van der Waals surface area contributed by atoms with Crippen molar-refractivity contribution < 1.29 is 4.79 Å².